The van der Waals surface area contributed by atoms with E-state index in [1.165, 1.54) is 11.1 Å². The average molecular weight is 467 g/mol. The number of piperidine rings is 1. The predicted molar refractivity (Wildman–Crippen MR) is 137 cm³/mol. The molecule has 0 aliphatic carbocycles. The lowest BCUT2D eigenvalue weighted by atomic mass is 9.92. The Balaban J connectivity index is 1.53. The van der Waals surface area contributed by atoms with Crippen molar-refractivity contribution in [3.8, 4) is 5.69 Å². The highest BCUT2D eigenvalue weighted by atomic mass is 16.2. The number of hydrogen-bond acceptors (Lipinski definition) is 4. The number of anilines is 2. The molecule has 4 aromatic rings. The van der Waals surface area contributed by atoms with Crippen molar-refractivity contribution < 1.29 is 9.59 Å². The summed E-state index contributed by atoms with van der Waals surface area (Å²) in [6.07, 6.45) is 3.49. The molecule has 3 aromatic carbocycles. The number of carbonyl (C=O) groups is 2. The molecule has 3 heterocycles. The quantitative estimate of drug-likeness (QED) is 0.419. The van der Waals surface area contributed by atoms with Crippen LogP contribution in [0.4, 0.5) is 11.4 Å². The smallest absolute Gasteiger partial charge is 0.296 e. The van der Waals surface area contributed by atoms with Crippen LogP contribution in [0.1, 0.15) is 45.7 Å². The van der Waals surface area contributed by atoms with Crippen LogP contribution in [0.5, 0.6) is 0 Å². The third kappa shape index (κ3) is 3.07. The summed E-state index contributed by atoms with van der Waals surface area (Å²) in [4.78, 5) is 44.6. The van der Waals surface area contributed by atoms with Gasteiger partial charge in [-0.2, -0.15) is 0 Å². The number of nitrogens with zero attached hydrogens (tertiary/aromatic N) is 4. The fourth-order valence-corrected chi connectivity index (χ4v) is 5.51. The summed E-state index contributed by atoms with van der Waals surface area (Å²) >= 11 is 0. The monoisotopic (exact) mass is 466 g/mol. The molecule has 2 aliphatic heterocycles. The second-order valence-electron chi connectivity index (χ2n) is 9.26. The third-order valence-corrected chi connectivity index (χ3v) is 7.33. The number of benzene rings is 3. The van der Waals surface area contributed by atoms with Crippen molar-refractivity contribution >= 4 is 34.0 Å². The largest absolute Gasteiger partial charge is 0.371 e. The van der Waals surface area contributed by atoms with Crippen LogP contribution in [-0.2, 0) is 7.05 Å². The van der Waals surface area contributed by atoms with Gasteiger partial charge in [0.25, 0.3) is 17.4 Å². The lowest BCUT2D eigenvalue weighted by Gasteiger charge is -2.32. The first-order chi connectivity index (χ1) is 17.0. The van der Waals surface area contributed by atoms with Gasteiger partial charge in [-0.15, -0.1) is 0 Å². The highest BCUT2D eigenvalue weighted by Gasteiger charge is 2.38. The Morgan fingerprint density at radius 2 is 1.43 bits per heavy atom. The first kappa shape index (κ1) is 21.4. The Bertz CT molecular complexity index is 1540. The minimum Gasteiger partial charge on any atom is -0.371 e. The minimum absolute atomic E-state index is 0.0918. The van der Waals surface area contributed by atoms with E-state index in [2.05, 4.69) is 4.90 Å². The molecule has 35 heavy (non-hydrogen) atoms. The summed E-state index contributed by atoms with van der Waals surface area (Å²) in [5, 5.41) is 1.59. The molecule has 1 aromatic heterocycles. The molecule has 0 unspecified atom stereocenters. The Hall–Kier alpha value is -4.13. The molecule has 2 aliphatic rings. The summed E-state index contributed by atoms with van der Waals surface area (Å²) in [6, 6.07) is 18.6. The minimum atomic E-state index is -0.463. The normalized spacial score (nSPS) is 15.8. The zero-order valence-corrected chi connectivity index (χ0v) is 19.8. The van der Waals surface area contributed by atoms with E-state index in [1.807, 2.05) is 54.6 Å². The lowest BCUT2D eigenvalue weighted by Crippen LogP contribution is -2.43. The molecule has 0 radical (unpaired) electrons. The molecule has 7 nitrogen and oxygen atoms in total. The molecule has 0 bridgehead atoms. The van der Waals surface area contributed by atoms with E-state index in [-0.39, 0.29) is 5.69 Å². The van der Waals surface area contributed by atoms with Crippen molar-refractivity contribution in [2.45, 2.75) is 26.2 Å². The number of para-hydroxylation sites is 1. The maximum absolute atomic E-state index is 13.8. The maximum atomic E-state index is 13.8. The van der Waals surface area contributed by atoms with Gasteiger partial charge in [0.2, 0.25) is 0 Å². The van der Waals surface area contributed by atoms with Crippen LogP contribution < -0.4 is 15.4 Å². The number of rotatable bonds is 3. The molecule has 0 saturated carbocycles. The van der Waals surface area contributed by atoms with Crippen LogP contribution in [0.3, 0.4) is 0 Å². The molecule has 0 atom stereocenters. The van der Waals surface area contributed by atoms with Gasteiger partial charge in [0.15, 0.2) is 0 Å². The van der Waals surface area contributed by atoms with Crippen molar-refractivity contribution in [2.75, 3.05) is 22.9 Å². The van der Waals surface area contributed by atoms with Crippen LogP contribution in [-0.4, -0.2) is 34.3 Å². The second kappa shape index (κ2) is 7.98. The molecule has 176 valence electrons. The molecule has 0 N–H and O–H groups in total. The van der Waals surface area contributed by atoms with Gasteiger partial charge in [-0.3, -0.25) is 19.1 Å². The highest BCUT2D eigenvalue weighted by Crippen LogP contribution is 2.38. The van der Waals surface area contributed by atoms with Gasteiger partial charge in [-0.1, -0.05) is 30.3 Å². The number of carbonyl (C=O) groups excluding carboxylic acids is 2. The van der Waals surface area contributed by atoms with Crippen LogP contribution in [0, 0.1) is 6.92 Å². The molecular weight excluding hydrogens is 440 g/mol. The fraction of sp³-hybridized carbons (Fsp3) is 0.250. The number of aromatic nitrogens is 2. The third-order valence-electron chi connectivity index (χ3n) is 7.33. The van der Waals surface area contributed by atoms with Crippen molar-refractivity contribution in [3.05, 3.63) is 87.8 Å². The summed E-state index contributed by atoms with van der Waals surface area (Å²) in [7, 11) is 1.76. The van der Waals surface area contributed by atoms with E-state index < -0.39 is 17.4 Å². The van der Waals surface area contributed by atoms with Crippen LogP contribution in [0.2, 0.25) is 0 Å². The molecule has 1 saturated heterocycles. The first-order valence-corrected chi connectivity index (χ1v) is 12.0. The SMILES string of the molecule is Cc1c(N2C(=O)c3cccc4c(N5CCCCC5)ccc(c34)C2=O)c(=O)n(-c2ccccc2)n1C. The topological polar surface area (TPSA) is 67.6 Å². The summed E-state index contributed by atoms with van der Waals surface area (Å²) in [5.41, 5.74) is 2.85. The highest BCUT2D eigenvalue weighted by molar-refractivity contribution is 6.36. The molecular formula is C28H26N4O3. The van der Waals surface area contributed by atoms with Crippen molar-refractivity contribution in [2.24, 2.45) is 7.05 Å². The predicted octanol–water partition coefficient (Wildman–Crippen LogP) is 4.43. The fourth-order valence-electron chi connectivity index (χ4n) is 5.51. The number of imide groups is 1. The molecule has 1 fully saturated rings. The Labute approximate surface area is 202 Å². The summed E-state index contributed by atoms with van der Waals surface area (Å²) in [6.45, 7) is 3.69. The summed E-state index contributed by atoms with van der Waals surface area (Å²) in [5.74, 6) is -0.926. The zero-order chi connectivity index (χ0) is 24.3. The van der Waals surface area contributed by atoms with E-state index in [9.17, 15) is 14.4 Å². The lowest BCUT2D eigenvalue weighted by molar-refractivity contribution is 0.0893. The molecule has 7 heteroatoms. The maximum Gasteiger partial charge on any atom is 0.296 e. The van der Waals surface area contributed by atoms with Crippen molar-refractivity contribution in [1.29, 1.82) is 0 Å². The average Bonchev–Trinajstić information content (AvgIpc) is 3.11. The van der Waals surface area contributed by atoms with Crippen LogP contribution in [0.15, 0.2) is 65.5 Å². The van der Waals surface area contributed by atoms with E-state index in [0.717, 1.165) is 41.9 Å². The summed E-state index contributed by atoms with van der Waals surface area (Å²) < 4.78 is 3.17. The van der Waals surface area contributed by atoms with Gasteiger partial charge >= 0.3 is 0 Å². The van der Waals surface area contributed by atoms with Gasteiger partial charge in [0.1, 0.15) is 5.69 Å². The number of amides is 2. The Morgan fingerprint density at radius 1 is 0.743 bits per heavy atom. The van der Waals surface area contributed by atoms with Gasteiger partial charge in [-0.05, 0) is 56.5 Å². The first-order valence-electron chi connectivity index (χ1n) is 12.0. The van der Waals surface area contributed by atoms with E-state index in [1.54, 1.807) is 24.7 Å². The van der Waals surface area contributed by atoms with Gasteiger partial charge in [0.05, 0.1) is 11.4 Å². The van der Waals surface area contributed by atoms with Crippen molar-refractivity contribution in [3.63, 3.8) is 0 Å². The Morgan fingerprint density at radius 3 is 2.14 bits per heavy atom. The molecule has 2 amide bonds. The van der Waals surface area contributed by atoms with Gasteiger partial charge in [-0.25, -0.2) is 9.58 Å². The van der Waals surface area contributed by atoms with E-state index in [0.29, 0.717) is 27.9 Å². The molecule has 6 rings (SSSR count). The van der Waals surface area contributed by atoms with Crippen molar-refractivity contribution in [1.82, 2.24) is 9.36 Å². The second-order valence-corrected chi connectivity index (χ2v) is 9.26. The zero-order valence-electron chi connectivity index (χ0n) is 19.8. The van der Waals surface area contributed by atoms with Crippen LogP contribution >= 0.6 is 0 Å². The van der Waals surface area contributed by atoms with Gasteiger partial charge in [0, 0.05) is 47.7 Å². The van der Waals surface area contributed by atoms with E-state index >= 15 is 0 Å². The Kier molecular flexibility index (Phi) is 4.88. The van der Waals surface area contributed by atoms with E-state index in [4.69, 9.17) is 0 Å². The van der Waals surface area contributed by atoms with Gasteiger partial charge < -0.3 is 4.90 Å². The standard InChI is InChI=1S/C28H26N4O3/c1-18-25(28(35)32(29(18)2)19-10-5-3-6-11-19)31-26(33)21-13-9-12-20-23(30-16-7-4-8-17-30)15-14-22(24(20)21)27(31)34/h3,5-6,9-15H,4,7-8,16-17H2,1-2H3. The van der Waals surface area contributed by atoms with Crippen LogP contribution in [0.25, 0.3) is 16.5 Å². The number of hydrogen-bond donors (Lipinski definition) is 0. The molecule has 0 spiro atoms.